The fourth-order valence-corrected chi connectivity index (χ4v) is 3.06. The van der Waals surface area contributed by atoms with Gasteiger partial charge in [-0.2, -0.15) is 0 Å². The minimum atomic E-state index is -4.81. The maximum Gasteiger partial charge on any atom is 0.573 e. The molecule has 3 N–H and O–H groups in total. The molecule has 2 rings (SSSR count). The second-order valence-corrected chi connectivity index (χ2v) is 7.32. The summed E-state index contributed by atoms with van der Waals surface area (Å²) >= 11 is 0. The first-order valence-corrected chi connectivity index (χ1v) is 8.76. The Kier molecular flexibility index (Phi) is 5.23. The van der Waals surface area contributed by atoms with Gasteiger partial charge in [-0.25, -0.2) is 12.7 Å². The highest BCUT2D eigenvalue weighted by Gasteiger charge is 2.33. The van der Waals surface area contributed by atoms with Gasteiger partial charge in [0, 0.05) is 25.6 Å². The lowest BCUT2D eigenvalue weighted by molar-refractivity contribution is -0.274. The van der Waals surface area contributed by atoms with Crippen LogP contribution in [0.25, 0.3) is 0 Å². The Labute approximate surface area is 137 Å². The number of guanidine groups is 1. The summed E-state index contributed by atoms with van der Waals surface area (Å²) in [6, 6.07) is 5.44. The van der Waals surface area contributed by atoms with E-state index in [0.29, 0.717) is 13.1 Å². The van der Waals surface area contributed by atoms with E-state index < -0.39 is 22.1 Å². The van der Waals surface area contributed by atoms with Gasteiger partial charge < -0.3 is 15.8 Å². The van der Waals surface area contributed by atoms with Gasteiger partial charge in [0.25, 0.3) is 0 Å². The topological polar surface area (TPSA) is 97.0 Å². The lowest BCUT2D eigenvalue weighted by Crippen LogP contribution is -2.50. The molecule has 0 radical (unpaired) electrons. The number of anilines is 1. The molecule has 0 spiro atoms. The van der Waals surface area contributed by atoms with Crippen molar-refractivity contribution in [2.75, 3.05) is 31.2 Å². The van der Waals surface area contributed by atoms with E-state index in [1.807, 2.05) is 0 Å². The van der Waals surface area contributed by atoms with E-state index in [9.17, 15) is 21.6 Å². The highest BCUT2D eigenvalue weighted by atomic mass is 32.2. The maximum atomic E-state index is 12.3. The SMILES string of the molecule is CS(=O)(=O)N1CC(CN=C(N)Nc2ccccc2OC(F)(F)F)C1. The molecule has 0 aromatic heterocycles. The van der Waals surface area contributed by atoms with Crippen molar-refractivity contribution < 1.29 is 26.3 Å². The minimum Gasteiger partial charge on any atom is -0.404 e. The zero-order valence-electron chi connectivity index (χ0n) is 12.7. The number of alkyl halides is 3. The molecule has 1 saturated heterocycles. The van der Waals surface area contributed by atoms with Crippen LogP contribution in [0.15, 0.2) is 29.3 Å². The molecule has 24 heavy (non-hydrogen) atoms. The molecule has 11 heteroatoms. The maximum absolute atomic E-state index is 12.3. The lowest BCUT2D eigenvalue weighted by Gasteiger charge is -2.36. The quantitative estimate of drug-likeness (QED) is 0.603. The fraction of sp³-hybridized carbons (Fsp3) is 0.462. The Morgan fingerprint density at radius 2 is 2.04 bits per heavy atom. The van der Waals surface area contributed by atoms with E-state index >= 15 is 0 Å². The zero-order valence-corrected chi connectivity index (χ0v) is 13.6. The summed E-state index contributed by atoms with van der Waals surface area (Å²) in [7, 11) is -3.19. The molecule has 0 aliphatic carbocycles. The van der Waals surface area contributed by atoms with Crippen LogP contribution in [0.5, 0.6) is 5.75 Å². The molecular formula is C13H17F3N4O3S. The van der Waals surface area contributed by atoms with Crippen molar-refractivity contribution >= 4 is 21.7 Å². The second kappa shape index (κ2) is 6.85. The number of nitrogens with one attached hydrogen (secondary N) is 1. The first kappa shape index (κ1) is 18.3. The van der Waals surface area contributed by atoms with E-state index in [2.05, 4.69) is 15.0 Å². The third-order valence-corrected chi connectivity index (χ3v) is 4.52. The number of aliphatic imine (C=N–C) groups is 1. The molecular weight excluding hydrogens is 349 g/mol. The lowest BCUT2D eigenvalue weighted by atomic mass is 10.0. The first-order valence-electron chi connectivity index (χ1n) is 6.91. The molecule has 0 saturated carbocycles. The predicted molar refractivity (Wildman–Crippen MR) is 83.1 cm³/mol. The van der Waals surface area contributed by atoms with Crippen molar-refractivity contribution in [3.63, 3.8) is 0 Å². The average molecular weight is 366 g/mol. The van der Waals surface area contributed by atoms with Crippen LogP contribution < -0.4 is 15.8 Å². The van der Waals surface area contributed by atoms with Crippen LogP contribution in [0.1, 0.15) is 0 Å². The number of para-hydroxylation sites is 2. The number of benzene rings is 1. The van der Waals surface area contributed by atoms with Gasteiger partial charge in [0.05, 0.1) is 11.9 Å². The Morgan fingerprint density at radius 3 is 2.62 bits per heavy atom. The Morgan fingerprint density at radius 1 is 1.42 bits per heavy atom. The van der Waals surface area contributed by atoms with Crippen LogP contribution in [0.4, 0.5) is 18.9 Å². The van der Waals surface area contributed by atoms with Crippen LogP contribution in [0, 0.1) is 5.92 Å². The summed E-state index contributed by atoms with van der Waals surface area (Å²) in [5.74, 6) is -0.470. The van der Waals surface area contributed by atoms with Gasteiger partial charge in [-0.05, 0) is 12.1 Å². The third kappa shape index (κ3) is 5.27. The van der Waals surface area contributed by atoms with E-state index in [4.69, 9.17) is 5.73 Å². The van der Waals surface area contributed by atoms with Gasteiger partial charge in [-0.1, -0.05) is 12.1 Å². The molecule has 0 unspecified atom stereocenters. The standard InChI is InChI=1S/C13H17F3N4O3S/c1-24(21,22)20-7-9(8-20)6-18-12(17)19-10-4-2-3-5-11(10)23-13(14,15)16/h2-5,9H,6-8H2,1H3,(H3,17,18,19). The number of hydrogen-bond donors (Lipinski definition) is 2. The monoisotopic (exact) mass is 366 g/mol. The molecule has 0 atom stereocenters. The van der Waals surface area contributed by atoms with Crippen LogP contribution in [0.2, 0.25) is 0 Å². The van der Waals surface area contributed by atoms with Gasteiger partial charge in [0.2, 0.25) is 10.0 Å². The summed E-state index contributed by atoms with van der Waals surface area (Å²) in [5.41, 5.74) is 5.69. The van der Waals surface area contributed by atoms with Crippen molar-refractivity contribution in [3.8, 4) is 5.75 Å². The van der Waals surface area contributed by atoms with Gasteiger partial charge >= 0.3 is 6.36 Å². The number of nitrogens with zero attached hydrogens (tertiary/aromatic N) is 2. The zero-order chi connectivity index (χ0) is 18.0. The summed E-state index contributed by atoms with van der Waals surface area (Å²) in [6.45, 7) is 0.972. The number of ether oxygens (including phenoxy) is 1. The van der Waals surface area contributed by atoms with E-state index in [1.54, 1.807) is 0 Å². The number of rotatable bonds is 5. The van der Waals surface area contributed by atoms with Crippen LogP contribution in [-0.2, 0) is 10.0 Å². The van der Waals surface area contributed by atoms with Crippen molar-refractivity contribution in [2.24, 2.45) is 16.6 Å². The summed E-state index contributed by atoms with van der Waals surface area (Å²) in [6.07, 6.45) is -3.69. The molecule has 1 aromatic rings. The summed E-state index contributed by atoms with van der Waals surface area (Å²) in [4.78, 5) is 4.02. The molecule has 1 aliphatic heterocycles. The van der Waals surface area contributed by atoms with Gasteiger partial charge in [0.1, 0.15) is 0 Å². The van der Waals surface area contributed by atoms with Crippen molar-refractivity contribution in [1.29, 1.82) is 0 Å². The van der Waals surface area contributed by atoms with Crippen LogP contribution in [0.3, 0.4) is 0 Å². The smallest absolute Gasteiger partial charge is 0.404 e. The van der Waals surface area contributed by atoms with E-state index in [-0.39, 0.29) is 24.1 Å². The van der Waals surface area contributed by atoms with E-state index in [1.165, 1.54) is 22.5 Å². The van der Waals surface area contributed by atoms with Crippen LogP contribution >= 0.6 is 0 Å². The molecule has 1 fully saturated rings. The molecule has 0 bridgehead atoms. The van der Waals surface area contributed by atoms with Gasteiger partial charge in [0.15, 0.2) is 11.7 Å². The largest absolute Gasteiger partial charge is 0.573 e. The van der Waals surface area contributed by atoms with Gasteiger partial charge in [-0.3, -0.25) is 4.99 Å². The summed E-state index contributed by atoms with van der Waals surface area (Å²) in [5, 5.41) is 2.55. The molecule has 7 nitrogen and oxygen atoms in total. The minimum absolute atomic E-state index is 0.0294. The Balaban J connectivity index is 1.92. The third-order valence-electron chi connectivity index (χ3n) is 3.29. The number of sulfonamides is 1. The summed E-state index contributed by atoms with van der Waals surface area (Å²) < 4.78 is 64.7. The number of hydrogen-bond acceptors (Lipinski definition) is 4. The fourth-order valence-electron chi connectivity index (χ4n) is 2.10. The molecule has 1 heterocycles. The second-order valence-electron chi connectivity index (χ2n) is 5.34. The normalized spacial score (nSPS) is 17.4. The van der Waals surface area contributed by atoms with Crippen molar-refractivity contribution in [2.45, 2.75) is 6.36 Å². The number of nitrogens with two attached hydrogens (primary N) is 1. The first-order chi connectivity index (χ1) is 11.0. The molecule has 134 valence electrons. The molecule has 1 aliphatic rings. The highest BCUT2D eigenvalue weighted by Crippen LogP contribution is 2.29. The van der Waals surface area contributed by atoms with Gasteiger partial charge in [-0.15, -0.1) is 13.2 Å². The average Bonchev–Trinajstić information content (AvgIpc) is 2.36. The van der Waals surface area contributed by atoms with Crippen molar-refractivity contribution in [3.05, 3.63) is 24.3 Å². The van der Waals surface area contributed by atoms with Crippen molar-refractivity contribution in [1.82, 2.24) is 4.31 Å². The van der Waals surface area contributed by atoms with E-state index in [0.717, 1.165) is 12.3 Å². The molecule has 1 aromatic carbocycles. The Hall–Kier alpha value is -2.01. The Bertz CT molecular complexity index is 715. The van der Waals surface area contributed by atoms with Crippen LogP contribution in [-0.4, -0.2) is 50.9 Å². The predicted octanol–water partition coefficient (Wildman–Crippen LogP) is 1.20. The highest BCUT2D eigenvalue weighted by molar-refractivity contribution is 7.88. The molecule has 0 amide bonds. The number of halogens is 3.